The minimum absolute atomic E-state index is 0.301. The van der Waals surface area contributed by atoms with Gasteiger partial charge in [-0.05, 0) is 36.8 Å². The van der Waals surface area contributed by atoms with Gasteiger partial charge in [-0.3, -0.25) is 4.68 Å². The van der Waals surface area contributed by atoms with Crippen LogP contribution in [0, 0.1) is 6.92 Å². The topological polar surface area (TPSA) is 64.4 Å². The zero-order chi connectivity index (χ0) is 21.3. The van der Waals surface area contributed by atoms with Gasteiger partial charge in [-0.1, -0.05) is 45.8 Å². The van der Waals surface area contributed by atoms with Crippen LogP contribution >= 0.6 is 15.9 Å². The van der Waals surface area contributed by atoms with Crippen LogP contribution in [0.1, 0.15) is 28.1 Å². The number of benzene rings is 2. The molecule has 0 amide bonds. The van der Waals surface area contributed by atoms with E-state index in [1.807, 2.05) is 11.7 Å². The van der Waals surface area contributed by atoms with Crippen molar-refractivity contribution in [1.82, 2.24) is 14.1 Å². The SMILES string of the molecule is Cc1ccc(COCc2nn(C)c3c2CN(S(=O)(=O)c2ccc(Br)cc2)CC3)cc1. The molecular weight excluding hydrogens is 466 g/mol. The Hall–Kier alpha value is -2.00. The van der Waals surface area contributed by atoms with Gasteiger partial charge < -0.3 is 4.74 Å². The van der Waals surface area contributed by atoms with Crippen LogP contribution in [-0.2, 0) is 48.0 Å². The maximum Gasteiger partial charge on any atom is 0.243 e. The van der Waals surface area contributed by atoms with E-state index >= 15 is 0 Å². The summed E-state index contributed by atoms with van der Waals surface area (Å²) in [5, 5.41) is 4.60. The third kappa shape index (κ3) is 4.37. The summed E-state index contributed by atoms with van der Waals surface area (Å²) in [6.45, 7) is 3.65. The first-order valence-electron chi connectivity index (χ1n) is 9.77. The molecule has 1 aromatic heterocycles. The molecule has 0 saturated heterocycles. The Bertz CT molecular complexity index is 1140. The second-order valence-corrected chi connectivity index (χ2v) is 10.4. The molecule has 0 fully saturated rings. The number of hydrogen-bond donors (Lipinski definition) is 0. The molecule has 0 aliphatic carbocycles. The molecule has 158 valence electrons. The van der Waals surface area contributed by atoms with Crippen molar-refractivity contribution in [2.24, 2.45) is 7.05 Å². The van der Waals surface area contributed by atoms with Gasteiger partial charge >= 0.3 is 0 Å². The summed E-state index contributed by atoms with van der Waals surface area (Å²) in [5.74, 6) is 0. The Kier molecular flexibility index (Phi) is 6.11. The molecule has 0 atom stereocenters. The minimum atomic E-state index is -3.56. The zero-order valence-corrected chi connectivity index (χ0v) is 19.4. The first kappa shape index (κ1) is 21.2. The van der Waals surface area contributed by atoms with E-state index in [0.29, 0.717) is 37.6 Å². The highest BCUT2D eigenvalue weighted by atomic mass is 79.9. The van der Waals surface area contributed by atoms with Crippen LogP contribution in [0.5, 0.6) is 0 Å². The van der Waals surface area contributed by atoms with Gasteiger partial charge in [0, 0.05) is 42.3 Å². The molecular formula is C22H24BrN3O3S. The van der Waals surface area contributed by atoms with Gasteiger partial charge in [-0.2, -0.15) is 9.40 Å². The first-order chi connectivity index (χ1) is 14.3. The molecule has 2 heterocycles. The standard InChI is InChI=1S/C22H24BrN3O3S/c1-16-3-5-17(6-4-16)14-29-15-21-20-13-26(12-11-22(20)25(2)24-21)30(27,28)19-9-7-18(23)8-10-19/h3-10H,11-15H2,1-2H3. The number of halogens is 1. The first-order valence-corrected chi connectivity index (χ1v) is 12.0. The number of aryl methyl sites for hydroxylation is 2. The van der Waals surface area contributed by atoms with Gasteiger partial charge in [0.2, 0.25) is 10.0 Å². The van der Waals surface area contributed by atoms with Gasteiger partial charge in [0.05, 0.1) is 23.8 Å². The van der Waals surface area contributed by atoms with Crippen molar-refractivity contribution in [1.29, 1.82) is 0 Å². The molecule has 1 aliphatic rings. The van der Waals surface area contributed by atoms with Crippen molar-refractivity contribution in [3.63, 3.8) is 0 Å². The van der Waals surface area contributed by atoms with Gasteiger partial charge in [0.25, 0.3) is 0 Å². The van der Waals surface area contributed by atoms with Crippen LogP contribution in [0.2, 0.25) is 0 Å². The van der Waals surface area contributed by atoms with Crippen LogP contribution in [0.25, 0.3) is 0 Å². The highest BCUT2D eigenvalue weighted by Gasteiger charge is 2.31. The molecule has 3 aromatic rings. The third-order valence-electron chi connectivity index (χ3n) is 5.37. The van der Waals surface area contributed by atoms with E-state index in [4.69, 9.17) is 4.74 Å². The minimum Gasteiger partial charge on any atom is -0.370 e. The summed E-state index contributed by atoms with van der Waals surface area (Å²) < 4.78 is 36.3. The number of fused-ring (bicyclic) bond motifs is 1. The molecule has 30 heavy (non-hydrogen) atoms. The van der Waals surface area contributed by atoms with E-state index in [1.54, 1.807) is 24.3 Å². The van der Waals surface area contributed by atoms with E-state index in [1.165, 1.54) is 9.87 Å². The van der Waals surface area contributed by atoms with E-state index in [2.05, 4.69) is 52.2 Å². The van der Waals surface area contributed by atoms with Gasteiger partial charge in [0.1, 0.15) is 0 Å². The van der Waals surface area contributed by atoms with Gasteiger partial charge in [-0.25, -0.2) is 8.42 Å². The highest BCUT2D eigenvalue weighted by Crippen LogP contribution is 2.28. The van der Waals surface area contributed by atoms with Crippen molar-refractivity contribution in [2.75, 3.05) is 6.54 Å². The Morgan fingerprint density at radius 1 is 1.07 bits per heavy atom. The summed E-state index contributed by atoms with van der Waals surface area (Å²) >= 11 is 3.35. The van der Waals surface area contributed by atoms with Crippen LogP contribution in [-0.4, -0.2) is 29.0 Å². The lowest BCUT2D eigenvalue weighted by atomic mass is 10.1. The number of hydrogen-bond acceptors (Lipinski definition) is 4. The van der Waals surface area contributed by atoms with Crippen molar-refractivity contribution in [3.05, 3.63) is 81.1 Å². The van der Waals surface area contributed by atoms with E-state index in [0.717, 1.165) is 27.0 Å². The molecule has 0 unspecified atom stereocenters. The number of ether oxygens (including phenoxy) is 1. The maximum absolute atomic E-state index is 13.1. The van der Waals surface area contributed by atoms with Crippen molar-refractivity contribution in [3.8, 4) is 0 Å². The third-order valence-corrected chi connectivity index (χ3v) is 7.76. The molecule has 8 heteroatoms. The molecule has 0 radical (unpaired) electrons. The molecule has 0 N–H and O–H groups in total. The lowest BCUT2D eigenvalue weighted by molar-refractivity contribution is 0.103. The Morgan fingerprint density at radius 2 is 1.77 bits per heavy atom. The quantitative estimate of drug-likeness (QED) is 0.525. The summed E-state index contributed by atoms with van der Waals surface area (Å²) in [7, 11) is -1.66. The second kappa shape index (κ2) is 8.63. The Balaban J connectivity index is 1.50. The summed E-state index contributed by atoms with van der Waals surface area (Å²) in [6, 6.07) is 15.0. The molecule has 2 aromatic carbocycles. The normalized spacial score (nSPS) is 14.6. The molecule has 0 bridgehead atoms. The van der Waals surface area contributed by atoms with Crippen LogP contribution in [0.15, 0.2) is 57.9 Å². The number of nitrogens with zero attached hydrogens (tertiary/aromatic N) is 3. The van der Waals surface area contributed by atoms with Crippen molar-refractivity contribution >= 4 is 26.0 Å². The number of rotatable bonds is 6. The van der Waals surface area contributed by atoms with E-state index in [9.17, 15) is 8.42 Å². The average molecular weight is 490 g/mol. The van der Waals surface area contributed by atoms with E-state index < -0.39 is 10.0 Å². The summed E-state index contributed by atoms with van der Waals surface area (Å²) in [5.41, 5.74) is 5.14. The second-order valence-electron chi connectivity index (χ2n) is 7.52. The molecule has 0 saturated carbocycles. The van der Waals surface area contributed by atoms with Crippen LogP contribution < -0.4 is 0 Å². The monoisotopic (exact) mass is 489 g/mol. The van der Waals surface area contributed by atoms with E-state index in [-0.39, 0.29) is 0 Å². The van der Waals surface area contributed by atoms with Crippen molar-refractivity contribution in [2.45, 2.75) is 38.0 Å². The predicted octanol–water partition coefficient (Wildman–Crippen LogP) is 3.95. The fourth-order valence-corrected chi connectivity index (χ4v) is 5.34. The molecule has 6 nitrogen and oxygen atoms in total. The summed E-state index contributed by atoms with van der Waals surface area (Å²) in [4.78, 5) is 0.301. The zero-order valence-electron chi connectivity index (χ0n) is 17.0. The Labute approximate surface area is 185 Å². The lowest BCUT2D eigenvalue weighted by Gasteiger charge is -2.27. The number of sulfonamides is 1. The predicted molar refractivity (Wildman–Crippen MR) is 118 cm³/mol. The van der Waals surface area contributed by atoms with Gasteiger partial charge in [-0.15, -0.1) is 0 Å². The Morgan fingerprint density at radius 3 is 2.47 bits per heavy atom. The molecule has 4 rings (SSSR count). The summed E-state index contributed by atoms with van der Waals surface area (Å²) in [6.07, 6.45) is 0.632. The van der Waals surface area contributed by atoms with Crippen molar-refractivity contribution < 1.29 is 13.2 Å². The lowest BCUT2D eigenvalue weighted by Crippen LogP contribution is -2.36. The van der Waals surface area contributed by atoms with Crippen LogP contribution in [0.3, 0.4) is 0 Å². The molecule has 1 aliphatic heterocycles. The fraction of sp³-hybridized carbons (Fsp3) is 0.318. The molecule has 0 spiro atoms. The van der Waals surface area contributed by atoms with Crippen LogP contribution in [0.4, 0.5) is 0 Å². The smallest absolute Gasteiger partial charge is 0.243 e. The average Bonchev–Trinajstić information content (AvgIpc) is 3.05. The maximum atomic E-state index is 13.1. The largest absolute Gasteiger partial charge is 0.370 e. The fourth-order valence-electron chi connectivity index (χ4n) is 3.67. The van der Waals surface area contributed by atoms with Gasteiger partial charge in [0.15, 0.2) is 0 Å². The number of aromatic nitrogens is 2. The highest BCUT2D eigenvalue weighted by molar-refractivity contribution is 9.10.